The molecule has 2 rings (SSSR count). The molecule has 1 amide bonds. The van der Waals surface area contributed by atoms with Gasteiger partial charge in [-0.25, -0.2) is 0 Å². The van der Waals surface area contributed by atoms with E-state index < -0.39 is 5.54 Å². The van der Waals surface area contributed by atoms with E-state index in [9.17, 15) is 4.79 Å². The fourth-order valence-corrected chi connectivity index (χ4v) is 2.37. The van der Waals surface area contributed by atoms with Gasteiger partial charge in [-0.2, -0.15) is 0 Å². The molecule has 1 aromatic rings. The molecule has 1 saturated carbocycles. The standard InChI is InChI=1S/C16H25N3O/c1-12(2)19(3)11-16(15(17)20,18-14-9-10-14)13-7-5-4-6-8-13/h4-8,12,14,18H,9-11H2,1-3H3,(H2,17,20). The second kappa shape index (κ2) is 5.94. The maximum Gasteiger partial charge on any atom is 0.243 e. The first-order chi connectivity index (χ1) is 9.45. The van der Waals surface area contributed by atoms with Gasteiger partial charge in [0.25, 0.3) is 0 Å². The van der Waals surface area contributed by atoms with Crippen molar-refractivity contribution in [1.29, 1.82) is 0 Å². The van der Waals surface area contributed by atoms with E-state index in [1.165, 1.54) is 0 Å². The molecule has 1 atom stereocenters. The molecule has 1 aliphatic rings. The van der Waals surface area contributed by atoms with Gasteiger partial charge in [-0.1, -0.05) is 30.3 Å². The molecule has 4 heteroatoms. The fourth-order valence-electron chi connectivity index (χ4n) is 2.37. The van der Waals surface area contributed by atoms with E-state index in [1.807, 2.05) is 37.4 Å². The quantitative estimate of drug-likeness (QED) is 0.792. The zero-order valence-corrected chi connectivity index (χ0v) is 12.6. The summed E-state index contributed by atoms with van der Waals surface area (Å²) in [5.41, 5.74) is 5.95. The number of hydrogen-bond donors (Lipinski definition) is 2. The molecule has 3 N–H and O–H groups in total. The number of benzene rings is 1. The van der Waals surface area contributed by atoms with Crippen LogP contribution in [0.5, 0.6) is 0 Å². The summed E-state index contributed by atoms with van der Waals surface area (Å²) in [5.74, 6) is -0.303. The van der Waals surface area contributed by atoms with Crippen molar-refractivity contribution < 1.29 is 4.79 Å². The molecule has 4 nitrogen and oxygen atoms in total. The number of carbonyl (C=O) groups excluding carboxylic acids is 1. The third kappa shape index (κ3) is 3.19. The molecule has 0 spiro atoms. The van der Waals surface area contributed by atoms with E-state index in [0.717, 1.165) is 18.4 Å². The summed E-state index contributed by atoms with van der Waals surface area (Å²) in [6.07, 6.45) is 2.24. The smallest absolute Gasteiger partial charge is 0.243 e. The Balaban J connectivity index is 2.36. The van der Waals surface area contributed by atoms with E-state index in [0.29, 0.717) is 18.6 Å². The van der Waals surface area contributed by atoms with Crippen molar-refractivity contribution in [2.75, 3.05) is 13.6 Å². The normalized spacial score (nSPS) is 18.2. The van der Waals surface area contributed by atoms with E-state index in [-0.39, 0.29) is 5.91 Å². The molecule has 1 aliphatic carbocycles. The van der Waals surface area contributed by atoms with Gasteiger partial charge in [-0.15, -0.1) is 0 Å². The molecule has 1 unspecified atom stereocenters. The van der Waals surface area contributed by atoms with Gasteiger partial charge in [0.1, 0.15) is 5.54 Å². The van der Waals surface area contributed by atoms with Gasteiger partial charge < -0.3 is 10.6 Å². The lowest BCUT2D eigenvalue weighted by Gasteiger charge is -2.37. The van der Waals surface area contributed by atoms with E-state index >= 15 is 0 Å². The predicted molar refractivity (Wildman–Crippen MR) is 81.2 cm³/mol. The minimum atomic E-state index is -0.804. The van der Waals surface area contributed by atoms with Crippen molar-refractivity contribution in [3.63, 3.8) is 0 Å². The lowest BCUT2D eigenvalue weighted by molar-refractivity contribution is -0.126. The second-order valence-corrected chi connectivity index (χ2v) is 6.06. The second-order valence-electron chi connectivity index (χ2n) is 6.06. The molecule has 1 fully saturated rings. The largest absolute Gasteiger partial charge is 0.368 e. The molecule has 0 saturated heterocycles. The molecule has 0 bridgehead atoms. The summed E-state index contributed by atoms with van der Waals surface area (Å²) in [7, 11) is 2.03. The summed E-state index contributed by atoms with van der Waals surface area (Å²) < 4.78 is 0. The van der Waals surface area contributed by atoms with E-state index in [1.54, 1.807) is 0 Å². The molecule has 0 aromatic heterocycles. The van der Waals surface area contributed by atoms with Crippen molar-refractivity contribution >= 4 is 5.91 Å². The van der Waals surface area contributed by atoms with Gasteiger partial charge in [0, 0.05) is 18.6 Å². The summed E-state index contributed by atoms with van der Waals surface area (Å²) in [6.45, 7) is 4.82. The molecule has 0 heterocycles. The molecule has 0 aliphatic heterocycles. The fraction of sp³-hybridized carbons (Fsp3) is 0.562. The van der Waals surface area contributed by atoms with Crippen molar-refractivity contribution in [1.82, 2.24) is 10.2 Å². The van der Waals surface area contributed by atoms with Crippen LogP contribution in [-0.2, 0) is 10.3 Å². The van der Waals surface area contributed by atoms with Crippen molar-refractivity contribution in [3.05, 3.63) is 35.9 Å². The van der Waals surface area contributed by atoms with Crippen LogP contribution in [0.4, 0.5) is 0 Å². The van der Waals surface area contributed by atoms with Gasteiger partial charge >= 0.3 is 0 Å². The number of rotatable bonds is 7. The van der Waals surface area contributed by atoms with E-state index in [4.69, 9.17) is 5.73 Å². The molecule has 1 aromatic carbocycles. The summed E-state index contributed by atoms with van der Waals surface area (Å²) >= 11 is 0. The Morgan fingerprint density at radius 2 is 2.00 bits per heavy atom. The van der Waals surface area contributed by atoms with Crippen LogP contribution in [0.3, 0.4) is 0 Å². The monoisotopic (exact) mass is 275 g/mol. The van der Waals surface area contributed by atoms with Crippen LogP contribution in [0.2, 0.25) is 0 Å². The third-order valence-electron chi connectivity index (χ3n) is 4.08. The zero-order chi connectivity index (χ0) is 14.8. The number of primary amides is 1. The summed E-state index contributed by atoms with van der Waals surface area (Å²) in [6, 6.07) is 10.6. The highest BCUT2D eigenvalue weighted by Crippen LogP contribution is 2.29. The Morgan fingerprint density at radius 1 is 1.40 bits per heavy atom. The number of hydrogen-bond acceptors (Lipinski definition) is 3. The average Bonchev–Trinajstić information content (AvgIpc) is 3.22. The first kappa shape index (κ1) is 15.0. The average molecular weight is 275 g/mol. The molecular formula is C16H25N3O. The third-order valence-corrected chi connectivity index (χ3v) is 4.08. The number of carbonyl (C=O) groups is 1. The Bertz CT molecular complexity index is 456. The van der Waals surface area contributed by atoms with Crippen LogP contribution in [-0.4, -0.2) is 36.5 Å². The first-order valence-corrected chi connectivity index (χ1v) is 7.29. The Labute approximate surface area is 121 Å². The van der Waals surface area contributed by atoms with E-state index in [2.05, 4.69) is 24.1 Å². The van der Waals surface area contributed by atoms with Crippen LogP contribution in [0, 0.1) is 0 Å². The highest BCUT2D eigenvalue weighted by atomic mass is 16.1. The van der Waals surface area contributed by atoms with Crippen LogP contribution in [0.25, 0.3) is 0 Å². The minimum absolute atomic E-state index is 0.303. The summed E-state index contributed by atoms with van der Waals surface area (Å²) in [4.78, 5) is 14.4. The van der Waals surface area contributed by atoms with Gasteiger partial charge in [-0.3, -0.25) is 10.1 Å². The highest BCUT2D eigenvalue weighted by molar-refractivity contribution is 5.86. The zero-order valence-electron chi connectivity index (χ0n) is 12.6. The first-order valence-electron chi connectivity index (χ1n) is 7.29. The van der Waals surface area contributed by atoms with Crippen LogP contribution >= 0.6 is 0 Å². The van der Waals surface area contributed by atoms with Gasteiger partial charge in [0.15, 0.2) is 0 Å². The predicted octanol–water partition coefficient (Wildman–Crippen LogP) is 1.46. The van der Waals surface area contributed by atoms with Crippen LogP contribution in [0.1, 0.15) is 32.3 Å². The SMILES string of the molecule is CC(C)N(C)CC(NC1CC1)(C(N)=O)c1ccccc1. The molecule has 20 heavy (non-hydrogen) atoms. The van der Waals surface area contributed by atoms with Crippen molar-refractivity contribution in [2.45, 2.75) is 44.3 Å². The topological polar surface area (TPSA) is 58.4 Å². The van der Waals surface area contributed by atoms with Crippen LogP contribution < -0.4 is 11.1 Å². The lowest BCUT2D eigenvalue weighted by Crippen LogP contribution is -2.60. The molecule has 110 valence electrons. The number of likely N-dealkylation sites (N-methyl/N-ethyl adjacent to an activating group) is 1. The molecule has 0 radical (unpaired) electrons. The van der Waals surface area contributed by atoms with Crippen molar-refractivity contribution in [2.24, 2.45) is 5.73 Å². The maximum atomic E-state index is 12.3. The lowest BCUT2D eigenvalue weighted by atomic mass is 9.87. The number of nitrogens with zero attached hydrogens (tertiary/aromatic N) is 1. The maximum absolute atomic E-state index is 12.3. The Hall–Kier alpha value is -1.39. The number of nitrogens with one attached hydrogen (secondary N) is 1. The van der Waals surface area contributed by atoms with Gasteiger partial charge in [0.05, 0.1) is 0 Å². The number of nitrogens with two attached hydrogens (primary N) is 1. The van der Waals surface area contributed by atoms with Crippen LogP contribution in [0.15, 0.2) is 30.3 Å². The Morgan fingerprint density at radius 3 is 2.45 bits per heavy atom. The highest BCUT2D eigenvalue weighted by Gasteiger charge is 2.43. The summed E-state index contributed by atoms with van der Waals surface area (Å²) in [5, 5.41) is 3.49. The van der Waals surface area contributed by atoms with Gasteiger partial charge in [-0.05, 0) is 39.3 Å². The molecular weight excluding hydrogens is 250 g/mol. The Kier molecular flexibility index (Phi) is 4.45. The van der Waals surface area contributed by atoms with Crippen molar-refractivity contribution in [3.8, 4) is 0 Å². The van der Waals surface area contributed by atoms with Gasteiger partial charge in [0.2, 0.25) is 5.91 Å². The minimum Gasteiger partial charge on any atom is -0.368 e. The number of amides is 1.